The molecule has 1 aliphatic carbocycles. The third kappa shape index (κ3) is 3.55. The number of benzene rings is 2. The number of nitrogens with one attached hydrogen (secondary N) is 1. The van der Waals surface area contributed by atoms with Gasteiger partial charge in [0.2, 0.25) is 0 Å². The van der Waals surface area contributed by atoms with E-state index in [1.165, 1.54) is 30.0 Å². The molecule has 0 spiro atoms. The van der Waals surface area contributed by atoms with Crippen molar-refractivity contribution in [3.63, 3.8) is 0 Å². The summed E-state index contributed by atoms with van der Waals surface area (Å²) < 4.78 is 0. The number of nitro groups is 1. The van der Waals surface area contributed by atoms with Crippen molar-refractivity contribution >= 4 is 11.6 Å². The Bertz CT molecular complexity index is 830. The van der Waals surface area contributed by atoms with Gasteiger partial charge in [-0.1, -0.05) is 24.3 Å². The van der Waals surface area contributed by atoms with E-state index in [2.05, 4.69) is 23.5 Å². The van der Waals surface area contributed by atoms with Crippen molar-refractivity contribution in [3.05, 3.63) is 74.3 Å². The molecule has 25 heavy (non-hydrogen) atoms. The molecular weight excluding hydrogens is 316 g/mol. The van der Waals surface area contributed by atoms with Crippen LogP contribution in [0.25, 0.3) is 0 Å². The van der Waals surface area contributed by atoms with Gasteiger partial charge >= 0.3 is 0 Å². The van der Waals surface area contributed by atoms with E-state index in [1.807, 2.05) is 6.92 Å². The first-order chi connectivity index (χ1) is 12.0. The Hall–Kier alpha value is -2.69. The molecule has 0 heterocycles. The molecule has 130 valence electrons. The Morgan fingerprint density at radius 3 is 2.60 bits per heavy atom. The molecule has 0 aliphatic heterocycles. The molecule has 1 atom stereocenters. The lowest BCUT2D eigenvalue weighted by atomic mass is 9.89. The van der Waals surface area contributed by atoms with Gasteiger partial charge in [0.05, 0.1) is 11.0 Å². The number of rotatable bonds is 4. The molecule has 5 nitrogen and oxygen atoms in total. The highest BCUT2D eigenvalue weighted by Crippen LogP contribution is 2.26. The minimum Gasteiger partial charge on any atom is -0.346 e. The van der Waals surface area contributed by atoms with Crippen LogP contribution in [0.2, 0.25) is 0 Å². The van der Waals surface area contributed by atoms with Crippen molar-refractivity contribution in [1.29, 1.82) is 0 Å². The van der Waals surface area contributed by atoms with E-state index in [4.69, 9.17) is 0 Å². The average Bonchev–Trinajstić information content (AvgIpc) is 2.61. The zero-order chi connectivity index (χ0) is 18.0. The van der Waals surface area contributed by atoms with Gasteiger partial charge < -0.3 is 5.32 Å². The summed E-state index contributed by atoms with van der Waals surface area (Å²) in [5.74, 6) is -0.286. The van der Waals surface area contributed by atoms with Crippen LogP contribution in [0.4, 0.5) is 5.69 Å². The number of fused-ring (bicyclic) bond motifs is 1. The largest absolute Gasteiger partial charge is 0.346 e. The number of nitro benzene ring substituents is 1. The SMILES string of the molecule is Cc1c(C(=O)N[C@@H](C)c2ccc3c(c2)CCCC3)cccc1[N+](=O)[O-]. The van der Waals surface area contributed by atoms with Gasteiger partial charge in [-0.05, 0) is 62.3 Å². The van der Waals surface area contributed by atoms with Crippen molar-refractivity contribution in [1.82, 2.24) is 5.32 Å². The lowest BCUT2D eigenvalue weighted by molar-refractivity contribution is -0.385. The molecule has 3 rings (SSSR count). The predicted octanol–water partition coefficient (Wildman–Crippen LogP) is 4.27. The van der Waals surface area contributed by atoms with Crippen molar-refractivity contribution in [2.45, 2.75) is 45.6 Å². The van der Waals surface area contributed by atoms with Crippen molar-refractivity contribution in [3.8, 4) is 0 Å². The minimum absolute atomic E-state index is 0.0333. The van der Waals surface area contributed by atoms with E-state index in [9.17, 15) is 14.9 Å². The number of hydrogen-bond acceptors (Lipinski definition) is 3. The normalized spacial score (nSPS) is 14.5. The van der Waals surface area contributed by atoms with E-state index >= 15 is 0 Å². The van der Waals surface area contributed by atoms with Crippen LogP contribution in [0, 0.1) is 17.0 Å². The third-order valence-corrected chi connectivity index (χ3v) is 4.97. The van der Waals surface area contributed by atoms with Crippen LogP contribution in [0.1, 0.15) is 58.4 Å². The number of carbonyl (C=O) groups excluding carboxylic acids is 1. The minimum atomic E-state index is -0.459. The van der Waals surface area contributed by atoms with Gasteiger partial charge in [-0.3, -0.25) is 14.9 Å². The van der Waals surface area contributed by atoms with Gasteiger partial charge in [-0.25, -0.2) is 0 Å². The second kappa shape index (κ2) is 7.05. The van der Waals surface area contributed by atoms with Crippen LogP contribution in [0.5, 0.6) is 0 Å². The molecule has 2 aromatic carbocycles. The maximum Gasteiger partial charge on any atom is 0.273 e. The van der Waals surface area contributed by atoms with Crippen molar-refractivity contribution < 1.29 is 9.72 Å². The Kier molecular flexibility index (Phi) is 4.83. The standard InChI is InChI=1S/C20H22N2O3/c1-13-18(8-5-9-19(13)22(24)25)20(23)21-14(2)16-11-10-15-6-3-4-7-17(15)12-16/h5,8-12,14H,3-4,6-7H2,1-2H3,(H,21,23)/t14-/m0/s1. The van der Waals surface area contributed by atoms with Crippen LogP contribution in [-0.4, -0.2) is 10.8 Å². The highest BCUT2D eigenvalue weighted by atomic mass is 16.6. The van der Waals surface area contributed by atoms with E-state index < -0.39 is 4.92 Å². The number of hydrogen-bond donors (Lipinski definition) is 1. The van der Waals surface area contributed by atoms with Crippen LogP contribution in [0.3, 0.4) is 0 Å². The summed E-state index contributed by atoms with van der Waals surface area (Å²) in [5.41, 5.74) is 4.55. The van der Waals surface area contributed by atoms with Crippen molar-refractivity contribution in [2.75, 3.05) is 0 Å². The maximum absolute atomic E-state index is 12.6. The van der Waals surface area contributed by atoms with Crippen LogP contribution >= 0.6 is 0 Å². The van der Waals surface area contributed by atoms with Crippen LogP contribution < -0.4 is 5.32 Å². The smallest absolute Gasteiger partial charge is 0.273 e. The first-order valence-electron chi connectivity index (χ1n) is 8.64. The zero-order valence-corrected chi connectivity index (χ0v) is 14.5. The lowest BCUT2D eigenvalue weighted by Gasteiger charge is -2.20. The van der Waals surface area contributed by atoms with Gasteiger partial charge in [0.25, 0.3) is 11.6 Å². The molecule has 0 bridgehead atoms. The van der Waals surface area contributed by atoms with Gasteiger partial charge in [-0.15, -0.1) is 0 Å². The average molecular weight is 338 g/mol. The van der Waals surface area contributed by atoms with E-state index in [0.29, 0.717) is 11.1 Å². The zero-order valence-electron chi connectivity index (χ0n) is 14.5. The summed E-state index contributed by atoms with van der Waals surface area (Å²) in [7, 11) is 0. The predicted molar refractivity (Wildman–Crippen MR) is 96.8 cm³/mol. The highest BCUT2D eigenvalue weighted by Gasteiger charge is 2.20. The Morgan fingerprint density at radius 1 is 1.16 bits per heavy atom. The number of aryl methyl sites for hydroxylation is 2. The van der Waals surface area contributed by atoms with Gasteiger partial charge in [0, 0.05) is 17.2 Å². The first kappa shape index (κ1) is 17.1. The monoisotopic (exact) mass is 338 g/mol. The molecule has 1 amide bonds. The summed E-state index contributed by atoms with van der Waals surface area (Å²) in [6.07, 6.45) is 4.67. The summed E-state index contributed by atoms with van der Waals surface area (Å²) >= 11 is 0. The number of amides is 1. The summed E-state index contributed by atoms with van der Waals surface area (Å²) in [6.45, 7) is 3.55. The van der Waals surface area contributed by atoms with Gasteiger partial charge in [-0.2, -0.15) is 0 Å². The van der Waals surface area contributed by atoms with Crippen LogP contribution in [0.15, 0.2) is 36.4 Å². The maximum atomic E-state index is 12.6. The molecular formula is C20H22N2O3. The molecule has 2 aromatic rings. The molecule has 0 unspecified atom stereocenters. The molecule has 1 aliphatic rings. The van der Waals surface area contributed by atoms with E-state index in [1.54, 1.807) is 19.1 Å². The second-order valence-electron chi connectivity index (χ2n) is 6.64. The lowest BCUT2D eigenvalue weighted by Crippen LogP contribution is -2.27. The number of nitrogens with zero attached hydrogens (tertiary/aromatic N) is 1. The summed E-state index contributed by atoms with van der Waals surface area (Å²) in [4.78, 5) is 23.2. The fourth-order valence-corrected chi connectivity index (χ4v) is 3.45. The summed E-state index contributed by atoms with van der Waals surface area (Å²) in [5, 5.41) is 14.0. The second-order valence-corrected chi connectivity index (χ2v) is 6.64. The number of carbonyl (C=O) groups is 1. The Labute approximate surface area is 147 Å². The van der Waals surface area contributed by atoms with Crippen LogP contribution in [-0.2, 0) is 12.8 Å². The Balaban J connectivity index is 1.79. The first-order valence-corrected chi connectivity index (χ1v) is 8.64. The summed E-state index contributed by atoms with van der Waals surface area (Å²) in [6, 6.07) is 10.8. The van der Waals surface area contributed by atoms with Crippen molar-refractivity contribution in [2.24, 2.45) is 0 Å². The molecule has 0 saturated carbocycles. The molecule has 0 saturated heterocycles. The van der Waals surface area contributed by atoms with E-state index in [0.717, 1.165) is 18.4 Å². The van der Waals surface area contributed by atoms with Gasteiger partial charge in [0.1, 0.15) is 0 Å². The molecule has 5 heteroatoms. The molecule has 0 aromatic heterocycles. The molecule has 1 N–H and O–H groups in total. The highest BCUT2D eigenvalue weighted by molar-refractivity contribution is 5.96. The third-order valence-electron chi connectivity index (χ3n) is 4.97. The topological polar surface area (TPSA) is 72.2 Å². The quantitative estimate of drug-likeness (QED) is 0.668. The van der Waals surface area contributed by atoms with E-state index in [-0.39, 0.29) is 17.6 Å². The fourth-order valence-electron chi connectivity index (χ4n) is 3.45. The van der Waals surface area contributed by atoms with Gasteiger partial charge in [0.15, 0.2) is 0 Å². The Morgan fingerprint density at radius 2 is 1.88 bits per heavy atom. The molecule has 0 radical (unpaired) electrons. The fraction of sp³-hybridized carbons (Fsp3) is 0.350. The molecule has 0 fully saturated rings.